The first-order chi connectivity index (χ1) is 19.6. The molecule has 1 aliphatic heterocycles. The normalized spacial score (nSPS) is 17.4. The van der Waals surface area contributed by atoms with Crippen molar-refractivity contribution in [1.29, 1.82) is 0 Å². The molecule has 2 aromatic carbocycles. The molecule has 2 fully saturated rings. The van der Waals surface area contributed by atoms with Crippen LogP contribution in [0.5, 0.6) is 0 Å². The van der Waals surface area contributed by atoms with Gasteiger partial charge in [0.05, 0.1) is 30.0 Å². The number of hydrogen-bond donors (Lipinski definition) is 1. The molecule has 1 spiro atoms. The summed E-state index contributed by atoms with van der Waals surface area (Å²) >= 11 is 0. The van der Waals surface area contributed by atoms with Crippen LogP contribution in [-0.2, 0) is 15.0 Å². The van der Waals surface area contributed by atoms with Gasteiger partial charge < -0.3 is 15.2 Å². The van der Waals surface area contributed by atoms with Crippen LogP contribution in [0.1, 0.15) is 18.4 Å². The highest BCUT2D eigenvalue weighted by Crippen LogP contribution is 2.51. The van der Waals surface area contributed by atoms with E-state index in [4.69, 9.17) is 20.2 Å². The lowest BCUT2D eigenvalue weighted by atomic mass is 9.68. The Morgan fingerprint density at radius 1 is 0.800 bits per heavy atom. The van der Waals surface area contributed by atoms with Gasteiger partial charge in [0.15, 0.2) is 17.3 Å². The van der Waals surface area contributed by atoms with Crippen molar-refractivity contribution < 1.29 is 9.47 Å². The molecule has 6 aromatic rings. The highest BCUT2D eigenvalue weighted by atomic mass is 16.7. The largest absolute Gasteiger partial charge is 0.347 e. The van der Waals surface area contributed by atoms with E-state index in [1.165, 1.54) is 0 Å². The fraction of sp³-hybridized carbons (Fsp3) is 0.194. The van der Waals surface area contributed by atoms with E-state index < -0.39 is 11.3 Å². The Balaban J connectivity index is 1.24. The van der Waals surface area contributed by atoms with Gasteiger partial charge in [-0.25, -0.2) is 15.0 Å². The minimum atomic E-state index is -0.507. The second kappa shape index (κ2) is 8.72. The molecular formula is C31H25N7O2. The van der Waals surface area contributed by atoms with Crippen LogP contribution in [0.25, 0.3) is 50.6 Å². The molecule has 4 aromatic heterocycles. The SMILES string of the molecule is NC1(c2ccc(-c3nc4ccn5c(-c6ncccn6)nnc5c4cc3-c3ccccc3)cc2)CC2(C1)OCCO2. The Labute approximate surface area is 229 Å². The third kappa shape index (κ3) is 3.63. The van der Waals surface area contributed by atoms with E-state index in [9.17, 15) is 0 Å². The van der Waals surface area contributed by atoms with E-state index in [1.807, 2.05) is 34.9 Å². The third-order valence-electron chi connectivity index (χ3n) is 7.94. The molecular weight excluding hydrogens is 502 g/mol. The van der Waals surface area contributed by atoms with Gasteiger partial charge in [-0.2, -0.15) is 0 Å². The number of rotatable bonds is 4. The molecule has 9 nitrogen and oxygen atoms in total. The molecule has 9 heteroatoms. The molecule has 40 heavy (non-hydrogen) atoms. The van der Waals surface area contributed by atoms with E-state index in [0.29, 0.717) is 43.4 Å². The molecule has 2 N–H and O–H groups in total. The fourth-order valence-electron chi connectivity index (χ4n) is 5.99. The van der Waals surface area contributed by atoms with Crippen LogP contribution >= 0.6 is 0 Å². The molecule has 8 rings (SSSR count). The number of pyridine rings is 2. The predicted molar refractivity (Wildman–Crippen MR) is 150 cm³/mol. The Morgan fingerprint density at radius 3 is 2.30 bits per heavy atom. The lowest BCUT2D eigenvalue weighted by Gasteiger charge is -2.50. The molecule has 0 atom stereocenters. The average molecular weight is 528 g/mol. The van der Waals surface area contributed by atoms with Crippen molar-refractivity contribution in [3.8, 4) is 34.0 Å². The van der Waals surface area contributed by atoms with Gasteiger partial charge in [-0.05, 0) is 29.3 Å². The summed E-state index contributed by atoms with van der Waals surface area (Å²) in [5.74, 6) is 0.594. The summed E-state index contributed by atoms with van der Waals surface area (Å²) in [6, 6.07) is 24.6. The summed E-state index contributed by atoms with van der Waals surface area (Å²) in [4.78, 5) is 13.9. The maximum atomic E-state index is 6.76. The van der Waals surface area contributed by atoms with Crippen LogP contribution in [0.4, 0.5) is 0 Å². The summed E-state index contributed by atoms with van der Waals surface area (Å²) < 4.78 is 13.5. The first-order valence-corrected chi connectivity index (χ1v) is 13.3. The molecule has 2 aliphatic rings. The van der Waals surface area contributed by atoms with Crippen molar-refractivity contribution in [2.45, 2.75) is 24.2 Å². The van der Waals surface area contributed by atoms with Gasteiger partial charge >= 0.3 is 0 Å². The van der Waals surface area contributed by atoms with E-state index in [-0.39, 0.29) is 0 Å². The molecule has 0 unspecified atom stereocenters. The van der Waals surface area contributed by atoms with Crippen LogP contribution in [0.15, 0.2) is 91.4 Å². The van der Waals surface area contributed by atoms with E-state index in [2.05, 4.69) is 62.6 Å². The average Bonchev–Trinajstić information content (AvgIpc) is 3.65. The zero-order valence-corrected chi connectivity index (χ0v) is 21.6. The molecule has 196 valence electrons. The number of nitrogens with two attached hydrogens (primary N) is 1. The van der Waals surface area contributed by atoms with Crippen molar-refractivity contribution in [1.82, 2.24) is 29.5 Å². The van der Waals surface area contributed by atoms with E-state index in [0.717, 1.165) is 38.9 Å². The van der Waals surface area contributed by atoms with Crippen molar-refractivity contribution in [2.75, 3.05) is 13.2 Å². The fourth-order valence-corrected chi connectivity index (χ4v) is 5.99. The molecule has 1 saturated carbocycles. The van der Waals surface area contributed by atoms with Crippen LogP contribution in [0.2, 0.25) is 0 Å². The highest BCUT2D eigenvalue weighted by molar-refractivity contribution is 5.98. The van der Waals surface area contributed by atoms with Gasteiger partial charge in [0.1, 0.15) is 0 Å². The van der Waals surface area contributed by atoms with Gasteiger partial charge in [0.2, 0.25) is 5.82 Å². The molecule has 0 bridgehead atoms. The zero-order valence-electron chi connectivity index (χ0n) is 21.6. The molecule has 1 aliphatic carbocycles. The lowest BCUT2D eigenvalue weighted by molar-refractivity contribution is -0.239. The minimum absolute atomic E-state index is 0.457. The van der Waals surface area contributed by atoms with Crippen molar-refractivity contribution in [3.05, 3.63) is 97.0 Å². The molecule has 1 saturated heterocycles. The summed E-state index contributed by atoms with van der Waals surface area (Å²) in [7, 11) is 0. The Hall–Kier alpha value is -4.57. The maximum Gasteiger partial charge on any atom is 0.206 e. The summed E-state index contributed by atoms with van der Waals surface area (Å²) in [5.41, 5.74) is 12.9. The van der Waals surface area contributed by atoms with E-state index in [1.54, 1.807) is 18.5 Å². The molecule has 5 heterocycles. The quantitative estimate of drug-likeness (QED) is 0.349. The zero-order chi connectivity index (χ0) is 26.7. The minimum Gasteiger partial charge on any atom is -0.347 e. The number of fused-ring (bicyclic) bond motifs is 3. The standard InChI is InChI=1S/C31H25N7O2/c32-30(18-31(19-30)39-15-16-40-31)22-9-7-21(8-10-22)26-23(20-5-2-1-3-6-20)17-24-25(35-26)11-14-38-28(24)36-37-29(38)27-33-12-4-13-34-27/h1-14,17H,15-16,18-19,32H2. The second-order valence-corrected chi connectivity index (χ2v) is 10.5. The van der Waals surface area contributed by atoms with Crippen LogP contribution < -0.4 is 5.73 Å². The predicted octanol–water partition coefficient (Wildman–Crippen LogP) is 4.76. The van der Waals surface area contributed by atoms with Gasteiger partial charge in [-0.1, -0.05) is 54.6 Å². The number of aromatic nitrogens is 6. The number of ether oxygens (including phenoxy) is 2. The smallest absolute Gasteiger partial charge is 0.206 e. The monoisotopic (exact) mass is 527 g/mol. The topological polar surface area (TPSA) is 113 Å². The van der Waals surface area contributed by atoms with Gasteiger partial charge in [-0.3, -0.25) is 4.40 Å². The lowest BCUT2D eigenvalue weighted by Crippen LogP contribution is -2.60. The second-order valence-electron chi connectivity index (χ2n) is 10.5. The van der Waals surface area contributed by atoms with Gasteiger partial charge in [0.25, 0.3) is 0 Å². The summed E-state index contributed by atoms with van der Waals surface area (Å²) in [6.07, 6.45) is 6.63. The summed E-state index contributed by atoms with van der Waals surface area (Å²) in [6.45, 7) is 1.26. The van der Waals surface area contributed by atoms with Crippen LogP contribution in [0.3, 0.4) is 0 Å². The van der Waals surface area contributed by atoms with Crippen LogP contribution in [0, 0.1) is 0 Å². The Morgan fingerprint density at radius 2 is 1.55 bits per heavy atom. The first-order valence-electron chi connectivity index (χ1n) is 13.3. The Bertz CT molecular complexity index is 1860. The first kappa shape index (κ1) is 23.3. The number of hydrogen-bond acceptors (Lipinski definition) is 8. The third-order valence-corrected chi connectivity index (χ3v) is 7.94. The van der Waals surface area contributed by atoms with Crippen molar-refractivity contribution in [2.24, 2.45) is 5.73 Å². The summed E-state index contributed by atoms with van der Waals surface area (Å²) in [5, 5.41) is 9.80. The number of nitrogens with zero attached hydrogens (tertiary/aromatic N) is 6. The van der Waals surface area contributed by atoms with Crippen molar-refractivity contribution in [3.63, 3.8) is 0 Å². The van der Waals surface area contributed by atoms with Crippen LogP contribution in [-0.4, -0.2) is 48.6 Å². The van der Waals surface area contributed by atoms with Gasteiger partial charge in [-0.15, -0.1) is 10.2 Å². The Kier molecular flexibility index (Phi) is 5.09. The van der Waals surface area contributed by atoms with Gasteiger partial charge in [0, 0.05) is 47.9 Å². The number of benzene rings is 2. The molecule has 0 amide bonds. The van der Waals surface area contributed by atoms with Crippen molar-refractivity contribution >= 4 is 16.6 Å². The van der Waals surface area contributed by atoms with E-state index >= 15 is 0 Å². The molecule has 0 radical (unpaired) electrons. The maximum absolute atomic E-state index is 6.76. The highest BCUT2D eigenvalue weighted by Gasteiger charge is 2.57.